The maximum Gasteiger partial charge on any atom is 0.242 e. The molecule has 1 aromatic carbocycles. The SMILES string of the molecule is CCOCCCN(CC(=O)N(Cc1cccn1Cc1ccccc1Cl)CC(C)C)C(=O)C(C)Cl. The van der Waals surface area contributed by atoms with Gasteiger partial charge in [-0.1, -0.05) is 43.6 Å². The van der Waals surface area contributed by atoms with Crippen LogP contribution in [-0.4, -0.2) is 64.4 Å². The molecule has 0 spiro atoms. The number of carbonyl (C=O) groups excluding carboxylic acids is 2. The Labute approximate surface area is 213 Å². The molecule has 0 aliphatic rings. The normalized spacial score (nSPS) is 12.1. The molecule has 2 rings (SSSR count). The molecule has 2 aromatic rings. The third-order valence-corrected chi connectivity index (χ3v) is 5.97. The van der Waals surface area contributed by atoms with Gasteiger partial charge in [0.1, 0.15) is 5.38 Å². The smallest absolute Gasteiger partial charge is 0.242 e. The van der Waals surface area contributed by atoms with E-state index in [-0.39, 0.29) is 24.3 Å². The van der Waals surface area contributed by atoms with E-state index in [0.29, 0.717) is 50.8 Å². The second kappa shape index (κ2) is 14.4. The van der Waals surface area contributed by atoms with Gasteiger partial charge in [0.15, 0.2) is 0 Å². The molecule has 34 heavy (non-hydrogen) atoms. The van der Waals surface area contributed by atoms with E-state index in [2.05, 4.69) is 18.4 Å². The Kier molecular flexibility index (Phi) is 11.9. The molecule has 2 amide bonds. The molecule has 1 atom stereocenters. The van der Waals surface area contributed by atoms with E-state index in [1.54, 1.807) is 11.8 Å². The highest BCUT2D eigenvalue weighted by molar-refractivity contribution is 6.31. The lowest BCUT2D eigenvalue weighted by Crippen LogP contribution is -2.46. The molecule has 0 aliphatic carbocycles. The van der Waals surface area contributed by atoms with Crippen molar-refractivity contribution >= 4 is 35.0 Å². The predicted molar refractivity (Wildman–Crippen MR) is 138 cm³/mol. The van der Waals surface area contributed by atoms with Crippen LogP contribution in [0.15, 0.2) is 42.6 Å². The lowest BCUT2D eigenvalue weighted by atomic mass is 10.2. The Morgan fingerprint density at radius 3 is 2.47 bits per heavy atom. The van der Waals surface area contributed by atoms with Crippen LogP contribution in [0.2, 0.25) is 5.02 Å². The van der Waals surface area contributed by atoms with Crippen molar-refractivity contribution in [3.63, 3.8) is 0 Å². The van der Waals surface area contributed by atoms with Crippen LogP contribution in [0.4, 0.5) is 0 Å². The molecule has 0 saturated heterocycles. The number of carbonyl (C=O) groups is 2. The number of nitrogens with zero attached hydrogens (tertiary/aromatic N) is 3. The number of rotatable bonds is 14. The minimum atomic E-state index is -0.689. The first-order valence-electron chi connectivity index (χ1n) is 11.9. The molecule has 188 valence electrons. The minimum Gasteiger partial charge on any atom is -0.382 e. The van der Waals surface area contributed by atoms with Gasteiger partial charge >= 0.3 is 0 Å². The van der Waals surface area contributed by atoms with Crippen molar-refractivity contribution in [1.82, 2.24) is 14.4 Å². The van der Waals surface area contributed by atoms with Crippen LogP contribution >= 0.6 is 23.2 Å². The number of amides is 2. The first-order chi connectivity index (χ1) is 16.2. The largest absolute Gasteiger partial charge is 0.382 e. The van der Waals surface area contributed by atoms with Crippen LogP contribution in [0.1, 0.15) is 45.4 Å². The highest BCUT2D eigenvalue weighted by Crippen LogP contribution is 2.19. The van der Waals surface area contributed by atoms with Gasteiger partial charge in [-0.3, -0.25) is 9.59 Å². The van der Waals surface area contributed by atoms with Crippen molar-refractivity contribution in [1.29, 1.82) is 0 Å². The molecule has 8 heteroatoms. The van der Waals surface area contributed by atoms with Crippen LogP contribution in [0.25, 0.3) is 0 Å². The average molecular weight is 511 g/mol. The summed E-state index contributed by atoms with van der Waals surface area (Å²) in [4.78, 5) is 29.4. The summed E-state index contributed by atoms with van der Waals surface area (Å²) in [6.45, 7) is 11.0. The molecule has 1 unspecified atom stereocenters. The fourth-order valence-electron chi connectivity index (χ4n) is 3.73. The lowest BCUT2D eigenvalue weighted by molar-refractivity contribution is -0.141. The standard InChI is InChI=1S/C26H37Cl2N3O3/c1-5-34-15-9-14-30(26(33)21(4)27)19-25(32)31(16-20(2)3)18-23-11-8-13-29(23)17-22-10-6-7-12-24(22)28/h6-8,10-13,20-21H,5,9,14-19H2,1-4H3. The summed E-state index contributed by atoms with van der Waals surface area (Å²) >= 11 is 12.4. The molecule has 0 fully saturated rings. The molecule has 1 aromatic heterocycles. The summed E-state index contributed by atoms with van der Waals surface area (Å²) in [5.74, 6) is -0.0515. The fraction of sp³-hybridized carbons (Fsp3) is 0.538. The zero-order valence-corrected chi connectivity index (χ0v) is 22.2. The molecule has 0 radical (unpaired) electrons. The summed E-state index contributed by atoms with van der Waals surface area (Å²) in [6, 6.07) is 11.8. The van der Waals surface area contributed by atoms with Gasteiger partial charge in [-0.2, -0.15) is 0 Å². The van der Waals surface area contributed by atoms with Gasteiger partial charge < -0.3 is 19.1 Å². The number of halogens is 2. The molecular formula is C26H37Cl2N3O3. The summed E-state index contributed by atoms with van der Waals surface area (Å²) in [6.07, 6.45) is 2.65. The van der Waals surface area contributed by atoms with E-state index in [0.717, 1.165) is 11.3 Å². The summed E-state index contributed by atoms with van der Waals surface area (Å²) in [5.41, 5.74) is 2.03. The number of ether oxygens (including phenoxy) is 1. The van der Waals surface area contributed by atoms with Gasteiger partial charge in [0, 0.05) is 49.8 Å². The van der Waals surface area contributed by atoms with Crippen LogP contribution < -0.4 is 0 Å². The zero-order chi connectivity index (χ0) is 25.1. The Bertz CT molecular complexity index is 914. The van der Waals surface area contributed by atoms with Gasteiger partial charge in [0.25, 0.3) is 0 Å². The zero-order valence-electron chi connectivity index (χ0n) is 20.7. The molecule has 0 N–H and O–H groups in total. The van der Waals surface area contributed by atoms with Crippen molar-refractivity contribution < 1.29 is 14.3 Å². The number of hydrogen-bond donors (Lipinski definition) is 0. The Balaban J connectivity index is 2.15. The lowest BCUT2D eigenvalue weighted by Gasteiger charge is -2.30. The number of alkyl halides is 1. The second-order valence-corrected chi connectivity index (χ2v) is 9.88. The number of aromatic nitrogens is 1. The maximum absolute atomic E-state index is 13.4. The Morgan fingerprint density at radius 1 is 1.09 bits per heavy atom. The molecular weight excluding hydrogens is 473 g/mol. The van der Waals surface area contributed by atoms with Crippen molar-refractivity contribution in [3.8, 4) is 0 Å². The monoisotopic (exact) mass is 509 g/mol. The molecule has 0 bridgehead atoms. The third kappa shape index (κ3) is 8.97. The van der Waals surface area contributed by atoms with E-state index < -0.39 is 5.38 Å². The van der Waals surface area contributed by atoms with E-state index >= 15 is 0 Å². The van der Waals surface area contributed by atoms with Crippen molar-refractivity contribution in [2.45, 2.75) is 52.6 Å². The number of hydrogen-bond acceptors (Lipinski definition) is 3. The summed E-state index contributed by atoms with van der Waals surface area (Å²) in [5, 5.41) is 0.0277. The van der Waals surface area contributed by atoms with Gasteiger partial charge in [-0.15, -0.1) is 11.6 Å². The highest BCUT2D eigenvalue weighted by atomic mass is 35.5. The molecule has 1 heterocycles. The average Bonchev–Trinajstić information content (AvgIpc) is 3.22. The van der Waals surface area contributed by atoms with Gasteiger partial charge in [-0.25, -0.2) is 0 Å². The van der Waals surface area contributed by atoms with Crippen LogP contribution in [0.5, 0.6) is 0 Å². The van der Waals surface area contributed by atoms with Crippen molar-refractivity contribution in [2.24, 2.45) is 5.92 Å². The second-order valence-electron chi connectivity index (χ2n) is 8.81. The quantitative estimate of drug-likeness (QED) is 0.264. The van der Waals surface area contributed by atoms with Gasteiger partial charge in [0.2, 0.25) is 11.8 Å². The fourth-order valence-corrected chi connectivity index (χ4v) is 4.07. The molecule has 6 nitrogen and oxygen atoms in total. The molecule has 0 aliphatic heterocycles. The predicted octanol–water partition coefficient (Wildman–Crippen LogP) is 5.06. The van der Waals surface area contributed by atoms with Crippen LogP contribution in [0.3, 0.4) is 0 Å². The highest BCUT2D eigenvalue weighted by Gasteiger charge is 2.25. The molecule has 0 saturated carbocycles. The number of benzene rings is 1. The summed E-state index contributed by atoms with van der Waals surface area (Å²) < 4.78 is 7.50. The first kappa shape index (κ1) is 28.2. The Hall–Kier alpha value is -2.02. The van der Waals surface area contributed by atoms with Crippen molar-refractivity contribution in [3.05, 3.63) is 58.9 Å². The minimum absolute atomic E-state index is 0.0000394. The summed E-state index contributed by atoms with van der Waals surface area (Å²) in [7, 11) is 0. The van der Waals surface area contributed by atoms with E-state index in [4.69, 9.17) is 27.9 Å². The first-order valence-corrected chi connectivity index (χ1v) is 12.7. The Morgan fingerprint density at radius 2 is 1.82 bits per heavy atom. The van der Waals surface area contributed by atoms with Crippen molar-refractivity contribution in [2.75, 3.05) is 32.8 Å². The van der Waals surface area contributed by atoms with E-state index in [1.165, 1.54) is 0 Å². The van der Waals surface area contributed by atoms with Gasteiger partial charge in [-0.05, 0) is 49.9 Å². The van der Waals surface area contributed by atoms with E-state index in [9.17, 15) is 9.59 Å². The topological polar surface area (TPSA) is 54.8 Å². The third-order valence-electron chi connectivity index (χ3n) is 5.41. The van der Waals surface area contributed by atoms with Crippen LogP contribution in [-0.2, 0) is 27.4 Å². The van der Waals surface area contributed by atoms with E-state index in [1.807, 2.05) is 54.4 Å². The maximum atomic E-state index is 13.4. The van der Waals surface area contributed by atoms with Crippen LogP contribution in [0, 0.1) is 5.92 Å². The van der Waals surface area contributed by atoms with Gasteiger partial charge in [0.05, 0.1) is 13.1 Å².